The number of benzene rings is 1. The van der Waals surface area contributed by atoms with Gasteiger partial charge in [-0.3, -0.25) is 9.59 Å². The highest BCUT2D eigenvalue weighted by Crippen LogP contribution is 2.64. The number of hydrogen-bond donors (Lipinski definition) is 1. The van der Waals surface area contributed by atoms with E-state index in [2.05, 4.69) is 9.97 Å². The van der Waals surface area contributed by atoms with Crippen molar-refractivity contribution in [1.29, 1.82) is 0 Å². The average molecular weight is 341 g/mol. The van der Waals surface area contributed by atoms with Crippen LogP contribution in [0.2, 0.25) is 0 Å². The lowest BCUT2D eigenvalue weighted by atomic mass is 10.1. The molecule has 0 amide bonds. The maximum absolute atomic E-state index is 12.2. The maximum Gasteiger partial charge on any atom is 0.315 e. The number of fused-ring (bicyclic) bond motifs is 1. The second-order valence-electron chi connectivity index (χ2n) is 5.73. The van der Waals surface area contributed by atoms with Crippen LogP contribution in [-0.2, 0) is 9.53 Å². The fourth-order valence-corrected chi connectivity index (χ4v) is 2.95. The van der Waals surface area contributed by atoms with E-state index in [1.165, 1.54) is 0 Å². The number of nitrogens with zero attached hydrogens (tertiary/aromatic N) is 1. The van der Waals surface area contributed by atoms with Crippen LogP contribution in [0.25, 0.3) is 10.9 Å². The zero-order valence-corrected chi connectivity index (χ0v) is 13.5. The first-order chi connectivity index (χ1) is 10.2. The van der Waals surface area contributed by atoms with Crippen LogP contribution in [-0.4, -0.2) is 20.3 Å². The molecule has 1 heterocycles. The number of para-hydroxylation sites is 1. The van der Waals surface area contributed by atoms with Gasteiger partial charge in [-0.25, -0.2) is 4.98 Å². The van der Waals surface area contributed by atoms with Crippen LogP contribution in [0.15, 0.2) is 29.1 Å². The lowest BCUT2D eigenvalue weighted by Crippen LogP contribution is -2.24. The fourth-order valence-electron chi connectivity index (χ4n) is 2.26. The van der Waals surface area contributed by atoms with Crippen LogP contribution >= 0.6 is 23.2 Å². The summed E-state index contributed by atoms with van der Waals surface area (Å²) < 4.78 is 4.27. The molecule has 1 aromatic heterocycles. The van der Waals surface area contributed by atoms with Crippen molar-refractivity contribution in [2.75, 3.05) is 0 Å². The van der Waals surface area contributed by atoms with E-state index in [0.29, 0.717) is 17.3 Å². The van der Waals surface area contributed by atoms with Gasteiger partial charge in [-0.2, -0.15) is 0 Å². The Balaban J connectivity index is 1.86. The molecule has 116 valence electrons. The number of ether oxygens (including phenoxy) is 1. The van der Waals surface area contributed by atoms with Crippen molar-refractivity contribution in [1.82, 2.24) is 9.97 Å². The minimum atomic E-state index is -1.09. The Labute approximate surface area is 136 Å². The van der Waals surface area contributed by atoms with E-state index in [9.17, 15) is 9.59 Å². The molecule has 7 heteroatoms. The van der Waals surface area contributed by atoms with Gasteiger partial charge >= 0.3 is 5.97 Å². The first-order valence-corrected chi connectivity index (χ1v) is 7.58. The van der Waals surface area contributed by atoms with Gasteiger partial charge in [-0.15, -0.1) is 23.2 Å². The second kappa shape index (κ2) is 4.96. The maximum atomic E-state index is 12.2. The van der Waals surface area contributed by atoms with Crippen LogP contribution in [0.3, 0.4) is 0 Å². The van der Waals surface area contributed by atoms with Crippen LogP contribution in [0, 0.1) is 5.41 Å². The molecule has 0 aliphatic heterocycles. The van der Waals surface area contributed by atoms with Gasteiger partial charge < -0.3 is 9.72 Å². The molecule has 0 radical (unpaired) electrons. The van der Waals surface area contributed by atoms with Gasteiger partial charge in [0.15, 0.2) is 11.9 Å². The molecular formula is C15H14Cl2N2O3. The van der Waals surface area contributed by atoms with Crippen molar-refractivity contribution >= 4 is 40.1 Å². The number of alkyl halides is 2. The van der Waals surface area contributed by atoms with E-state index in [1.54, 1.807) is 38.1 Å². The zero-order valence-electron chi connectivity index (χ0n) is 12.0. The molecule has 1 aliphatic rings. The molecule has 5 nitrogen and oxygen atoms in total. The summed E-state index contributed by atoms with van der Waals surface area (Å²) in [7, 11) is 0. The quantitative estimate of drug-likeness (QED) is 0.688. The van der Waals surface area contributed by atoms with E-state index in [-0.39, 0.29) is 11.4 Å². The number of carbonyl (C=O) groups is 1. The summed E-state index contributed by atoms with van der Waals surface area (Å²) in [4.78, 5) is 31.2. The Morgan fingerprint density at radius 2 is 2.05 bits per heavy atom. The summed E-state index contributed by atoms with van der Waals surface area (Å²) in [6.45, 7) is 3.29. The Morgan fingerprint density at radius 3 is 2.68 bits per heavy atom. The van der Waals surface area contributed by atoms with Gasteiger partial charge in [0.05, 0.1) is 10.9 Å². The minimum Gasteiger partial charge on any atom is -0.454 e. The van der Waals surface area contributed by atoms with Gasteiger partial charge in [0.1, 0.15) is 9.75 Å². The highest BCUT2D eigenvalue weighted by atomic mass is 35.5. The van der Waals surface area contributed by atoms with Crippen LogP contribution in [0.4, 0.5) is 0 Å². The molecule has 0 spiro atoms. The molecule has 1 aromatic carbocycles. The van der Waals surface area contributed by atoms with Crippen LogP contribution < -0.4 is 5.56 Å². The molecular weight excluding hydrogens is 327 g/mol. The lowest BCUT2D eigenvalue weighted by molar-refractivity contribution is -0.155. The van der Waals surface area contributed by atoms with E-state index < -0.39 is 21.8 Å². The Bertz CT molecular complexity index is 818. The summed E-state index contributed by atoms with van der Waals surface area (Å²) in [6, 6.07) is 6.96. The van der Waals surface area contributed by atoms with E-state index in [0.717, 1.165) is 0 Å². The molecule has 1 fully saturated rings. The van der Waals surface area contributed by atoms with Gasteiger partial charge in [-0.1, -0.05) is 12.1 Å². The topological polar surface area (TPSA) is 72.0 Å². The monoisotopic (exact) mass is 340 g/mol. The third-order valence-electron chi connectivity index (χ3n) is 4.01. The zero-order chi connectivity index (χ0) is 16.1. The van der Waals surface area contributed by atoms with E-state index in [1.807, 2.05) is 0 Å². The molecule has 1 N–H and O–H groups in total. The van der Waals surface area contributed by atoms with Crippen molar-refractivity contribution in [3.05, 3.63) is 40.4 Å². The number of rotatable bonds is 3. The number of H-pyrrole nitrogens is 1. The number of nitrogens with one attached hydrogen (secondary N) is 1. The van der Waals surface area contributed by atoms with Crippen molar-refractivity contribution in [2.45, 2.75) is 30.7 Å². The van der Waals surface area contributed by atoms with Gasteiger partial charge in [-0.05, 0) is 26.0 Å². The third kappa shape index (κ3) is 2.38. The van der Waals surface area contributed by atoms with Crippen molar-refractivity contribution in [2.24, 2.45) is 5.41 Å². The van der Waals surface area contributed by atoms with Crippen molar-refractivity contribution in [3.63, 3.8) is 0 Å². The summed E-state index contributed by atoms with van der Waals surface area (Å²) >= 11 is 11.9. The molecule has 2 atom stereocenters. The molecule has 2 aromatic rings. The largest absolute Gasteiger partial charge is 0.454 e. The molecule has 22 heavy (non-hydrogen) atoms. The van der Waals surface area contributed by atoms with Crippen molar-refractivity contribution < 1.29 is 9.53 Å². The number of aromatic amines is 1. The molecule has 0 bridgehead atoms. The summed E-state index contributed by atoms with van der Waals surface area (Å²) in [5.74, 6) is -0.211. The van der Waals surface area contributed by atoms with Crippen LogP contribution in [0.1, 0.15) is 32.2 Å². The van der Waals surface area contributed by atoms with Gasteiger partial charge in [0.25, 0.3) is 5.56 Å². The highest BCUT2D eigenvalue weighted by molar-refractivity contribution is 6.53. The fraction of sp³-hybridized carbons (Fsp3) is 0.400. The van der Waals surface area contributed by atoms with Gasteiger partial charge in [0, 0.05) is 6.42 Å². The first-order valence-electron chi connectivity index (χ1n) is 6.82. The average Bonchev–Trinajstić information content (AvgIpc) is 2.99. The number of carbonyl (C=O) groups excluding carboxylic acids is 1. The number of halogens is 2. The predicted molar refractivity (Wildman–Crippen MR) is 84.0 cm³/mol. The first kappa shape index (κ1) is 15.3. The van der Waals surface area contributed by atoms with Crippen molar-refractivity contribution in [3.8, 4) is 0 Å². The predicted octanol–water partition coefficient (Wildman–Crippen LogP) is 3.11. The number of aromatic nitrogens is 2. The normalized spacial score (nSPS) is 24.0. The van der Waals surface area contributed by atoms with Gasteiger partial charge in [0.2, 0.25) is 0 Å². The van der Waals surface area contributed by atoms with E-state index in [4.69, 9.17) is 27.9 Å². The molecule has 1 saturated carbocycles. The number of hydrogen-bond acceptors (Lipinski definition) is 4. The smallest absolute Gasteiger partial charge is 0.315 e. The molecule has 1 aliphatic carbocycles. The third-order valence-corrected chi connectivity index (χ3v) is 5.11. The summed E-state index contributed by atoms with van der Waals surface area (Å²) in [5.41, 5.74) is -0.641. The number of esters is 1. The highest BCUT2D eigenvalue weighted by Gasteiger charge is 2.69. The van der Waals surface area contributed by atoms with E-state index >= 15 is 0 Å². The van der Waals surface area contributed by atoms with Crippen LogP contribution in [0.5, 0.6) is 0 Å². The Hall–Kier alpha value is -1.59. The summed E-state index contributed by atoms with van der Waals surface area (Å²) in [5, 5.41) is 0.486. The Morgan fingerprint density at radius 1 is 1.41 bits per heavy atom. The Kier molecular flexibility index (Phi) is 3.45. The molecule has 0 saturated heterocycles. The SMILES string of the molecule is C[C@@H](OC(=O)[C@]1(C)CC1(Cl)Cl)c1nc2ccccc2c(=O)[nH]1. The molecule has 0 unspecified atom stereocenters. The second-order valence-corrected chi connectivity index (χ2v) is 7.21. The summed E-state index contributed by atoms with van der Waals surface area (Å²) in [6.07, 6.45) is -0.359. The molecule has 3 rings (SSSR count). The lowest BCUT2D eigenvalue weighted by Gasteiger charge is -2.17. The minimum absolute atomic E-state index is 0.273. The standard InChI is InChI=1S/C15H14Cl2N2O3/c1-8(22-13(21)14(2)7-15(14,16)17)11-18-10-6-4-3-5-9(10)12(20)19-11/h3-6,8H,7H2,1-2H3,(H,18,19,20)/t8-,14+/m1/s1.